The molecular weight excluding hydrogens is 462 g/mol. The lowest BCUT2D eigenvalue weighted by molar-refractivity contribution is -0.201. The molecule has 0 aromatic heterocycles. The minimum Gasteiger partial charge on any atom is -0.389 e. The number of rotatable bonds is 9. The number of benzene rings is 2. The SMILES string of the molecule is C[C@@H](O)c1ccc(-c2ccc([C@H](N([C@@H](CC(C)(C)F)C(N)=O)C3(C#N)CC3)C(F)(F)F)cc2)cc1. The Bertz CT molecular complexity index is 1080. The molecule has 1 amide bonds. The lowest BCUT2D eigenvalue weighted by Crippen LogP contribution is -2.57. The van der Waals surface area contributed by atoms with Crippen molar-refractivity contribution in [2.24, 2.45) is 5.73 Å². The van der Waals surface area contributed by atoms with Gasteiger partial charge in [0.25, 0.3) is 0 Å². The number of nitrogens with zero attached hydrogens (tertiary/aromatic N) is 2. The highest BCUT2D eigenvalue weighted by molar-refractivity contribution is 5.80. The molecule has 9 heteroatoms. The number of aliphatic hydroxyl groups is 1. The molecule has 2 aromatic carbocycles. The first-order chi connectivity index (χ1) is 16.2. The maximum absolute atomic E-state index is 14.5. The van der Waals surface area contributed by atoms with Crippen LogP contribution < -0.4 is 5.73 Å². The average Bonchev–Trinajstić information content (AvgIpc) is 3.56. The van der Waals surface area contributed by atoms with Crippen LogP contribution in [0.25, 0.3) is 11.1 Å². The number of nitriles is 1. The van der Waals surface area contributed by atoms with E-state index in [9.17, 15) is 32.7 Å². The first-order valence-electron chi connectivity index (χ1n) is 11.3. The van der Waals surface area contributed by atoms with Crippen LogP contribution in [0.15, 0.2) is 48.5 Å². The predicted octanol–water partition coefficient (Wildman–Crippen LogP) is 5.36. The third-order valence-corrected chi connectivity index (χ3v) is 6.31. The molecule has 0 unspecified atom stereocenters. The van der Waals surface area contributed by atoms with E-state index >= 15 is 0 Å². The molecule has 1 aliphatic carbocycles. The Balaban J connectivity index is 2.06. The van der Waals surface area contributed by atoms with Crippen LogP contribution in [0.3, 0.4) is 0 Å². The van der Waals surface area contributed by atoms with Crippen LogP contribution >= 0.6 is 0 Å². The van der Waals surface area contributed by atoms with E-state index in [4.69, 9.17) is 5.73 Å². The van der Waals surface area contributed by atoms with E-state index in [-0.39, 0.29) is 18.4 Å². The summed E-state index contributed by atoms with van der Waals surface area (Å²) in [7, 11) is 0. The molecule has 0 radical (unpaired) electrons. The van der Waals surface area contributed by atoms with Crippen molar-refractivity contribution < 1.29 is 27.5 Å². The van der Waals surface area contributed by atoms with Gasteiger partial charge >= 0.3 is 6.18 Å². The number of aliphatic hydroxyl groups excluding tert-OH is 1. The summed E-state index contributed by atoms with van der Waals surface area (Å²) in [5, 5.41) is 19.4. The van der Waals surface area contributed by atoms with E-state index in [0.717, 1.165) is 24.3 Å². The molecule has 0 saturated heterocycles. The summed E-state index contributed by atoms with van der Waals surface area (Å²) in [6.45, 7) is 3.95. The molecule has 5 nitrogen and oxygen atoms in total. The zero-order valence-electron chi connectivity index (χ0n) is 19.8. The molecule has 0 bridgehead atoms. The van der Waals surface area contributed by atoms with Crippen LogP contribution in [-0.4, -0.2) is 39.3 Å². The average molecular weight is 492 g/mol. The molecule has 35 heavy (non-hydrogen) atoms. The number of amides is 1. The second-order valence-electron chi connectivity index (χ2n) is 9.76. The van der Waals surface area contributed by atoms with Gasteiger partial charge in [-0.1, -0.05) is 48.5 Å². The predicted molar refractivity (Wildman–Crippen MR) is 124 cm³/mol. The summed E-state index contributed by atoms with van der Waals surface area (Å²) in [5.74, 6) is -1.11. The van der Waals surface area contributed by atoms with Gasteiger partial charge < -0.3 is 10.8 Å². The van der Waals surface area contributed by atoms with Gasteiger partial charge in [0.2, 0.25) is 5.91 Å². The highest BCUT2D eigenvalue weighted by Gasteiger charge is 2.61. The van der Waals surface area contributed by atoms with Crippen LogP contribution in [0.5, 0.6) is 0 Å². The molecule has 3 atom stereocenters. The van der Waals surface area contributed by atoms with Crippen LogP contribution in [0.1, 0.15) is 63.3 Å². The lowest BCUT2D eigenvalue weighted by Gasteiger charge is -2.42. The fourth-order valence-corrected chi connectivity index (χ4v) is 4.39. The third-order valence-electron chi connectivity index (χ3n) is 6.31. The number of carbonyl (C=O) groups excluding carboxylic acids is 1. The Morgan fingerprint density at radius 3 is 1.83 bits per heavy atom. The van der Waals surface area contributed by atoms with Gasteiger partial charge in [-0.25, -0.2) is 4.39 Å². The topological polar surface area (TPSA) is 90.3 Å². The molecule has 1 fully saturated rings. The number of alkyl halides is 4. The Morgan fingerprint density at radius 2 is 1.51 bits per heavy atom. The van der Waals surface area contributed by atoms with E-state index in [1.807, 2.05) is 6.07 Å². The van der Waals surface area contributed by atoms with E-state index in [1.54, 1.807) is 31.2 Å². The number of hydrogen-bond acceptors (Lipinski definition) is 4. The summed E-state index contributed by atoms with van der Waals surface area (Å²) in [6.07, 6.45) is -5.83. The van der Waals surface area contributed by atoms with Gasteiger partial charge in [-0.2, -0.15) is 18.4 Å². The molecule has 0 aliphatic heterocycles. The van der Waals surface area contributed by atoms with E-state index < -0.39 is 47.9 Å². The molecule has 1 aliphatic rings. The molecule has 1 saturated carbocycles. The van der Waals surface area contributed by atoms with Gasteiger partial charge in [0, 0.05) is 6.42 Å². The van der Waals surface area contributed by atoms with Gasteiger partial charge in [0.15, 0.2) is 0 Å². The standard InChI is InChI=1S/C26H29F4N3O2/c1-16(34)17-4-6-18(7-5-17)19-8-10-20(11-9-19)22(26(28,29)30)33(25(15-31)12-13-25)21(23(32)35)14-24(2,3)27/h4-11,16,21-22,34H,12-14H2,1-3H3,(H2,32,35)/t16-,21+,22+/m1/s1. The Morgan fingerprint density at radius 1 is 1.06 bits per heavy atom. The van der Waals surface area contributed by atoms with Gasteiger partial charge in [0.1, 0.15) is 17.2 Å². The van der Waals surface area contributed by atoms with Crippen molar-refractivity contribution in [2.75, 3.05) is 0 Å². The third kappa shape index (κ3) is 6.00. The Hall–Kier alpha value is -2.96. The zero-order valence-corrected chi connectivity index (χ0v) is 19.8. The van der Waals surface area contributed by atoms with Crippen molar-refractivity contribution in [1.29, 1.82) is 5.26 Å². The largest absolute Gasteiger partial charge is 0.408 e. The fourth-order valence-electron chi connectivity index (χ4n) is 4.39. The summed E-state index contributed by atoms with van der Waals surface area (Å²) < 4.78 is 58.1. The minimum atomic E-state index is -4.86. The van der Waals surface area contributed by atoms with Crippen molar-refractivity contribution in [3.8, 4) is 17.2 Å². The summed E-state index contributed by atoms with van der Waals surface area (Å²) >= 11 is 0. The van der Waals surface area contributed by atoms with Gasteiger partial charge in [-0.05, 0) is 55.9 Å². The monoisotopic (exact) mass is 491 g/mol. The number of primary amides is 1. The highest BCUT2D eigenvalue weighted by Crippen LogP contribution is 2.52. The molecule has 2 aromatic rings. The van der Waals surface area contributed by atoms with Crippen LogP contribution in [0.4, 0.5) is 17.6 Å². The smallest absolute Gasteiger partial charge is 0.389 e. The minimum absolute atomic E-state index is 0.125. The van der Waals surface area contributed by atoms with E-state index in [1.165, 1.54) is 24.3 Å². The maximum Gasteiger partial charge on any atom is 0.408 e. The number of nitrogens with two attached hydrogens (primary N) is 1. The van der Waals surface area contributed by atoms with E-state index in [2.05, 4.69) is 0 Å². The van der Waals surface area contributed by atoms with Gasteiger partial charge in [0.05, 0.1) is 18.2 Å². The van der Waals surface area contributed by atoms with Crippen molar-refractivity contribution in [3.63, 3.8) is 0 Å². The highest BCUT2D eigenvalue weighted by atomic mass is 19.4. The number of carbonyl (C=O) groups is 1. The van der Waals surface area contributed by atoms with Crippen LogP contribution in [0, 0.1) is 11.3 Å². The molecule has 3 N–H and O–H groups in total. The van der Waals surface area contributed by atoms with Crippen molar-refractivity contribution >= 4 is 5.91 Å². The quantitative estimate of drug-likeness (QED) is 0.462. The number of halogens is 4. The second-order valence-corrected chi connectivity index (χ2v) is 9.76. The molecule has 188 valence electrons. The number of hydrogen-bond donors (Lipinski definition) is 2. The first-order valence-corrected chi connectivity index (χ1v) is 11.3. The lowest BCUT2D eigenvalue weighted by atomic mass is 9.92. The zero-order chi connectivity index (χ0) is 26.2. The Kier molecular flexibility index (Phi) is 7.30. The van der Waals surface area contributed by atoms with Gasteiger partial charge in [-0.3, -0.25) is 9.69 Å². The van der Waals surface area contributed by atoms with Crippen molar-refractivity contribution in [3.05, 3.63) is 59.7 Å². The van der Waals surface area contributed by atoms with Crippen molar-refractivity contribution in [1.82, 2.24) is 4.90 Å². The molecule has 3 rings (SSSR count). The van der Waals surface area contributed by atoms with Crippen LogP contribution in [-0.2, 0) is 4.79 Å². The second kappa shape index (κ2) is 9.59. The van der Waals surface area contributed by atoms with E-state index in [0.29, 0.717) is 11.1 Å². The fraction of sp³-hybridized carbons (Fsp3) is 0.462. The van der Waals surface area contributed by atoms with Crippen molar-refractivity contribution in [2.45, 2.75) is 75.6 Å². The molecular formula is C26H29F4N3O2. The Labute approximate surface area is 202 Å². The normalized spacial score (nSPS) is 17.9. The molecule has 0 spiro atoms. The molecule has 0 heterocycles. The van der Waals surface area contributed by atoms with Crippen LogP contribution in [0.2, 0.25) is 0 Å². The first kappa shape index (κ1) is 26.6. The summed E-state index contributed by atoms with van der Waals surface area (Å²) in [5.41, 5.74) is 3.86. The summed E-state index contributed by atoms with van der Waals surface area (Å²) in [4.78, 5) is 13.1. The van der Waals surface area contributed by atoms with Gasteiger partial charge in [-0.15, -0.1) is 0 Å². The summed E-state index contributed by atoms with van der Waals surface area (Å²) in [6, 6.07) is 10.6. The maximum atomic E-state index is 14.5.